The number of tetrazole rings is 1. The highest BCUT2D eigenvalue weighted by Gasteiger charge is 2.42. The van der Waals surface area contributed by atoms with Gasteiger partial charge in [-0.2, -0.15) is 9.36 Å². The first kappa shape index (κ1) is 23.1. The lowest BCUT2D eigenvalue weighted by Gasteiger charge is -2.48. The van der Waals surface area contributed by atoms with E-state index in [4.69, 9.17) is 4.74 Å². The van der Waals surface area contributed by atoms with Crippen LogP contribution in [0.5, 0.6) is 0 Å². The van der Waals surface area contributed by atoms with Crippen LogP contribution < -0.4 is 10.6 Å². The third kappa shape index (κ3) is 5.22. The molecule has 1 aromatic heterocycles. The molecule has 1 fully saturated rings. The van der Waals surface area contributed by atoms with Crippen molar-refractivity contribution in [2.24, 2.45) is 0 Å². The van der Waals surface area contributed by atoms with E-state index in [1.807, 2.05) is 49.1 Å². The summed E-state index contributed by atoms with van der Waals surface area (Å²) >= 11 is 0. The Labute approximate surface area is 183 Å². The van der Waals surface area contributed by atoms with E-state index in [1.54, 1.807) is 7.11 Å². The average Bonchev–Trinajstić information content (AvgIpc) is 3.15. The SMILES string of the molecule is CCC(=O)N(c1ccccc1)C1(COC)CCN(CCCn2nnn(CC)c2=O)CC1. The van der Waals surface area contributed by atoms with Crippen LogP contribution in [0.1, 0.15) is 39.5 Å². The molecule has 9 nitrogen and oxygen atoms in total. The minimum absolute atomic E-state index is 0.120. The molecule has 0 radical (unpaired) electrons. The van der Waals surface area contributed by atoms with Gasteiger partial charge in [-0.25, -0.2) is 4.79 Å². The molecular weight excluding hydrogens is 396 g/mol. The summed E-state index contributed by atoms with van der Waals surface area (Å²) in [6.07, 6.45) is 2.97. The minimum atomic E-state index is -0.347. The maximum absolute atomic E-state index is 13.0. The molecule has 2 heterocycles. The summed E-state index contributed by atoms with van der Waals surface area (Å²) in [7, 11) is 1.70. The number of benzene rings is 1. The van der Waals surface area contributed by atoms with Gasteiger partial charge in [0, 0.05) is 45.4 Å². The lowest BCUT2D eigenvalue weighted by molar-refractivity contribution is -0.120. The third-order valence-corrected chi connectivity index (χ3v) is 6.08. The van der Waals surface area contributed by atoms with Crippen molar-refractivity contribution in [1.29, 1.82) is 0 Å². The minimum Gasteiger partial charge on any atom is -0.382 e. The molecule has 170 valence electrons. The van der Waals surface area contributed by atoms with Crippen molar-refractivity contribution in [3.8, 4) is 0 Å². The Hall–Kier alpha value is -2.52. The van der Waals surface area contributed by atoms with E-state index >= 15 is 0 Å². The number of carbonyl (C=O) groups is 1. The number of likely N-dealkylation sites (tertiary alicyclic amines) is 1. The number of anilines is 1. The van der Waals surface area contributed by atoms with Crippen molar-refractivity contribution in [3.63, 3.8) is 0 Å². The summed E-state index contributed by atoms with van der Waals surface area (Å²) in [4.78, 5) is 29.4. The number of amides is 1. The number of aromatic nitrogens is 4. The van der Waals surface area contributed by atoms with Crippen molar-refractivity contribution in [1.82, 2.24) is 24.7 Å². The van der Waals surface area contributed by atoms with Gasteiger partial charge in [-0.05, 0) is 55.3 Å². The fourth-order valence-corrected chi connectivity index (χ4v) is 4.40. The largest absolute Gasteiger partial charge is 0.382 e. The van der Waals surface area contributed by atoms with E-state index < -0.39 is 0 Å². The number of nitrogens with zero attached hydrogens (tertiary/aromatic N) is 6. The first-order chi connectivity index (χ1) is 15.0. The number of methoxy groups -OCH3 is 1. The van der Waals surface area contributed by atoms with Crippen molar-refractivity contribution in [3.05, 3.63) is 40.8 Å². The maximum atomic E-state index is 13.0. The van der Waals surface area contributed by atoms with Crippen LogP contribution in [0.4, 0.5) is 5.69 Å². The van der Waals surface area contributed by atoms with Gasteiger partial charge in [0.05, 0.1) is 12.1 Å². The number of carbonyl (C=O) groups excluding carboxylic acids is 1. The fraction of sp³-hybridized carbons (Fsp3) is 0.636. The highest BCUT2D eigenvalue weighted by Crippen LogP contribution is 2.34. The van der Waals surface area contributed by atoms with Gasteiger partial charge >= 0.3 is 5.69 Å². The van der Waals surface area contributed by atoms with Gasteiger partial charge in [-0.3, -0.25) is 4.79 Å². The molecule has 1 saturated heterocycles. The van der Waals surface area contributed by atoms with Crippen LogP contribution in [0, 0.1) is 0 Å². The van der Waals surface area contributed by atoms with Gasteiger partial charge in [0.1, 0.15) is 0 Å². The van der Waals surface area contributed by atoms with Crippen molar-refractivity contribution >= 4 is 11.6 Å². The van der Waals surface area contributed by atoms with Gasteiger partial charge in [0.25, 0.3) is 0 Å². The maximum Gasteiger partial charge on any atom is 0.363 e. The molecule has 0 aliphatic carbocycles. The number of hydrogen-bond acceptors (Lipinski definition) is 6. The van der Waals surface area contributed by atoms with Crippen LogP contribution in [-0.4, -0.2) is 69.5 Å². The molecule has 0 saturated carbocycles. The molecule has 1 aliphatic heterocycles. The number of rotatable bonds is 10. The van der Waals surface area contributed by atoms with Crippen molar-refractivity contribution < 1.29 is 9.53 Å². The molecule has 0 N–H and O–H groups in total. The van der Waals surface area contributed by atoms with Gasteiger partial charge in [-0.15, -0.1) is 0 Å². The van der Waals surface area contributed by atoms with Gasteiger partial charge in [0.15, 0.2) is 0 Å². The molecule has 1 amide bonds. The van der Waals surface area contributed by atoms with Gasteiger partial charge in [0.2, 0.25) is 5.91 Å². The first-order valence-electron chi connectivity index (χ1n) is 11.1. The number of aryl methyl sites for hydroxylation is 2. The number of para-hydroxylation sites is 1. The summed E-state index contributed by atoms with van der Waals surface area (Å²) < 4.78 is 8.41. The molecule has 1 aliphatic rings. The van der Waals surface area contributed by atoms with Gasteiger partial charge < -0.3 is 14.5 Å². The normalized spacial score (nSPS) is 16.4. The van der Waals surface area contributed by atoms with E-state index in [-0.39, 0.29) is 17.1 Å². The Kier molecular flexibility index (Phi) is 7.97. The molecule has 0 atom stereocenters. The molecule has 3 rings (SSSR count). The molecule has 9 heteroatoms. The highest BCUT2D eigenvalue weighted by atomic mass is 16.5. The van der Waals surface area contributed by atoms with E-state index in [1.165, 1.54) is 9.36 Å². The van der Waals surface area contributed by atoms with E-state index in [0.29, 0.717) is 26.1 Å². The van der Waals surface area contributed by atoms with Crippen LogP contribution in [0.3, 0.4) is 0 Å². The molecule has 0 spiro atoms. The zero-order valence-corrected chi connectivity index (χ0v) is 18.9. The zero-order chi connectivity index (χ0) is 22.3. The highest BCUT2D eigenvalue weighted by molar-refractivity contribution is 5.94. The molecule has 0 unspecified atom stereocenters. The van der Waals surface area contributed by atoms with Crippen LogP contribution in [0.2, 0.25) is 0 Å². The lowest BCUT2D eigenvalue weighted by Crippen LogP contribution is -2.60. The Morgan fingerprint density at radius 3 is 2.35 bits per heavy atom. The summed E-state index contributed by atoms with van der Waals surface area (Å²) in [5, 5.41) is 7.80. The smallest absolute Gasteiger partial charge is 0.363 e. The Morgan fingerprint density at radius 1 is 1.10 bits per heavy atom. The Bertz CT molecular complexity index is 886. The quantitative estimate of drug-likeness (QED) is 0.571. The summed E-state index contributed by atoms with van der Waals surface area (Å²) in [5.74, 6) is 0.120. The second kappa shape index (κ2) is 10.7. The average molecular weight is 431 g/mol. The fourth-order valence-electron chi connectivity index (χ4n) is 4.40. The number of hydrogen-bond donors (Lipinski definition) is 0. The molecule has 31 heavy (non-hydrogen) atoms. The molecule has 0 bridgehead atoms. The first-order valence-corrected chi connectivity index (χ1v) is 11.1. The molecule has 2 aromatic rings. The number of piperidine rings is 1. The summed E-state index contributed by atoms with van der Waals surface area (Å²) in [6, 6.07) is 9.90. The topological polar surface area (TPSA) is 85.5 Å². The van der Waals surface area contributed by atoms with E-state index in [2.05, 4.69) is 15.3 Å². The van der Waals surface area contributed by atoms with Crippen LogP contribution >= 0.6 is 0 Å². The summed E-state index contributed by atoms with van der Waals surface area (Å²) in [6.45, 7) is 8.01. The standard InChI is InChI=1S/C22H34N6O3/c1-4-20(29)28(19-10-7-6-8-11-19)22(18-31-3)12-16-25(17-13-22)14-9-15-27-21(30)26(5-2)23-24-27/h6-8,10-11H,4-5,9,12-18H2,1-3H3. The predicted molar refractivity (Wildman–Crippen MR) is 119 cm³/mol. The predicted octanol–water partition coefficient (Wildman–Crippen LogP) is 1.77. The molecule has 1 aromatic carbocycles. The van der Waals surface area contributed by atoms with Crippen LogP contribution in [0.25, 0.3) is 0 Å². The van der Waals surface area contributed by atoms with E-state index in [0.717, 1.165) is 44.6 Å². The van der Waals surface area contributed by atoms with Gasteiger partial charge in [-0.1, -0.05) is 25.1 Å². The third-order valence-electron chi connectivity index (χ3n) is 6.08. The number of ether oxygens (including phenoxy) is 1. The Balaban J connectivity index is 1.64. The lowest BCUT2D eigenvalue weighted by atomic mass is 9.85. The van der Waals surface area contributed by atoms with Crippen molar-refractivity contribution in [2.75, 3.05) is 38.3 Å². The Morgan fingerprint density at radius 2 is 1.77 bits per heavy atom. The zero-order valence-electron chi connectivity index (χ0n) is 18.9. The van der Waals surface area contributed by atoms with Crippen molar-refractivity contribution in [2.45, 2.75) is 58.2 Å². The molecular formula is C22H34N6O3. The van der Waals surface area contributed by atoms with E-state index in [9.17, 15) is 9.59 Å². The second-order valence-corrected chi connectivity index (χ2v) is 8.07. The second-order valence-electron chi connectivity index (χ2n) is 8.07. The van der Waals surface area contributed by atoms with Crippen LogP contribution in [0.15, 0.2) is 35.1 Å². The summed E-state index contributed by atoms with van der Waals surface area (Å²) in [5.41, 5.74) is 0.426. The van der Waals surface area contributed by atoms with Crippen LogP contribution in [-0.2, 0) is 22.6 Å². The monoisotopic (exact) mass is 430 g/mol.